The summed E-state index contributed by atoms with van der Waals surface area (Å²) in [4.78, 5) is 11.1. The summed E-state index contributed by atoms with van der Waals surface area (Å²) in [5, 5.41) is 12.4. The molecule has 0 aliphatic rings. The van der Waals surface area contributed by atoms with Crippen LogP contribution >= 0.6 is 0 Å². The summed E-state index contributed by atoms with van der Waals surface area (Å²) in [6.07, 6.45) is 1.53. The van der Waals surface area contributed by atoms with E-state index in [2.05, 4.69) is 12.2 Å². The number of carbonyl (C=O) groups is 1. The van der Waals surface area contributed by atoms with Crippen molar-refractivity contribution in [3.8, 4) is 11.5 Å². The molecule has 1 aromatic carbocycles. The third-order valence-electron chi connectivity index (χ3n) is 3.60. The van der Waals surface area contributed by atoms with E-state index in [1.54, 1.807) is 13.8 Å². The summed E-state index contributed by atoms with van der Waals surface area (Å²) in [5.74, 6) is 0.755. The normalized spacial score (nSPS) is 11.3. The monoisotopic (exact) mass is 323 g/mol. The third kappa shape index (κ3) is 6.48. The average molecular weight is 323 g/mol. The van der Waals surface area contributed by atoms with Gasteiger partial charge in [-0.1, -0.05) is 13.0 Å². The maximum Gasteiger partial charge on any atom is 0.309 e. The summed E-state index contributed by atoms with van der Waals surface area (Å²) in [6, 6.07) is 5.91. The van der Waals surface area contributed by atoms with Crippen LogP contribution in [0.2, 0.25) is 0 Å². The first-order chi connectivity index (χ1) is 10.9. The molecule has 0 aliphatic carbocycles. The van der Waals surface area contributed by atoms with Gasteiger partial charge in [0.2, 0.25) is 0 Å². The SMILES string of the molecule is CCCOc1ccc(CNCCC(C)(C)C(=O)O)cc1OCC. The van der Waals surface area contributed by atoms with Crippen molar-refractivity contribution in [3.63, 3.8) is 0 Å². The molecule has 0 fully saturated rings. The first kappa shape index (κ1) is 19.3. The van der Waals surface area contributed by atoms with Crippen molar-refractivity contribution in [1.29, 1.82) is 0 Å². The lowest BCUT2D eigenvalue weighted by molar-refractivity contribution is -0.147. The van der Waals surface area contributed by atoms with Gasteiger partial charge in [-0.15, -0.1) is 0 Å². The van der Waals surface area contributed by atoms with Gasteiger partial charge >= 0.3 is 5.97 Å². The lowest BCUT2D eigenvalue weighted by Gasteiger charge is -2.19. The van der Waals surface area contributed by atoms with Crippen molar-refractivity contribution in [3.05, 3.63) is 23.8 Å². The molecule has 1 aromatic rings. The number of carboxylic acids is 1. The van der Waals surface area contributed by atoms with E-state index in [1.165, 1.54) is 0 Å². The number of ether oxygens (including phenoxy) is 2. The van der Waals surface area contributed by atoms with E-state index >= 15 is 0 Å². The van der Waals surface area contributed by atoms with Crippen molar-refractivity contribution in [2.24, 2.45) is 5.41 Å². The first-order valence-electron chi connectivity index (χ1n) is 8.23. The molecule has 0 saturated heterocycles. The van der Waals surface area contributed by atoms with Gasteiger partial charge in [-0.25, -0.2) is 0 Å². The predicted molar refractivity (Wildman–Crippen MR) is 91.1 cm³/mol. The van der Waals surface area contributed by atoms with Gasteiger partial charge in [0.1, 0.15) is 0 Å². The van der Waals surface area contributed by atoms with E-state index in [1.807, 2.05) is 25.1 Å². The number of carboxylic acid groups (broad SMARTS) is 1. The largest absolute Gasteiger partial charge is 0.490 e. The van der Waals surface area contributed by atoms with Crippen LogP contribution in [-0.2, 0) is 11.3 Å². The molecular formula is C18H29NO4. The molecule has 130 valence electrons. The Morgan fingerprint density at radius 2 is 1.96 bits per heavy atom. The molecule has 0 bridgehead atoms. The Morgan fingerprint density at radius 1 is 1.22 bits per heavy atom. The minimum absolute atomic E-state index is 0.582. The molecule has 0 amide bonds. The van der Waals surface area contributed by atoms with Gasteiger partial charge in [-0.3, -0.25) is 4.79 Å². The van der Waals surface area contributed by atoms with Crippen LogP contribution in [0, 0.1) is 5.41 Å². The summed E-state index contributed by atoms with van der Waals surface area (Å²) in [5.41, 5.74) is 0.381. The van der Waals surface area contributed by atoms with Crippen LogP contribution in [0.1, 0.15) is 46.1 Å². The van der Waals surface area contributed by atoms with Gasteiger partial charge in [0.25, 0.3) is 0 Å². The molecule has 0 aliphatic heterocycles. The molecular weight excluding hydrogens is 294 g/mol. The van der Waals surface area contributed by atoms with Gasteiger partial charge in [-0.2, -0.15) is 0 Å². The molecule has 5 nitrogen and oxygen atoms in total. The van der Waals surface area contributed by atoms with Crippen LogP contribution in [0.25, 0.3) is 0 Å². The third-order valence-corrected chi connectivity index (χ3v) is 3.60. The van der Waals surface area contributed by atoms with Crippen LogP contribution in [-0.4, -0.2) is 30.8 Å². The van der Waals surface area contributed by atoms with Crippen molar-refractivity contribution < 1.29 is 19.4 Å². The van der Waals surface area contributed by atoms with Gasteiger partial charge in [-0.05, 0) is 57.9 Å². The van der Waals surface area contributed by atoms with Gasteiger partial charge in [0.05, 0.1) is 18.6 Å². The maximum atomic E-state index is 11.1. The number of hydrogen-bond donors (Lipinski definition) is 2. The summed E-state index contributed by atoms with van der Waals surface area (Å²) in [7, 11) is 0. The lowest BCUT2D eigenvalue weighted by atomic mass is 9.90. The second-order valence-corrected chi connectivity index (χ2v) is 6.18. The molecule has 0 atom stereocenters. The minimum Gasteiger partial charge on any atom is -0.490 e. The Kier molecular flexibility index (Phi) is 7.89. The first-order valence-corrected chi connectivity index (χ1v) is 8.23. The molecule has 0 spiro atoms. The van der Waals surface area contributed by atoms with E-state index in [9.17, 15) is 4.79 Å². The molecule has 0 radical (unpaired) electrons. The molecule has 0 aromatic heterocycles. The average Bonchev–Trinajstić information content (AvgIpc) is 2.51. The smallest absolute Gasteiger partial charge is 0.309 e. The highest BCUT2D eigenvalue weighted by Gasteiger charge is 2.26. The van der Waals surface area contributed by atoms with E-state index in [0.29, 0.717) is 32.7 Å². The maximum absolute atomic E-state index is 11.1. The van der Waals surface area contributed by atoms with Crippen LogP contribution in [0.4, 0.5) is 0 Å². The van der Waals surface area contributed by atoms with Crippen molar-refractivity contribution in [2.45, 2.75) is 47.1 Å². The van der Waals surface area contributed by atoms with Crippen molar-refractivity contribution in [1.82, 2.24) is 5.32 Å². The molecule has 23 heavy (non-hydrogen) atoms. The fourth-order valence-corrected chi connectivity index (χ4v) is 2.00. The Labute approximate surface area is 139 Å². The van der Waals surface area contributed by atoms with Gasteiger partial charge < -0.3 is 19.9 Å². The quantitative estimate of drug-likeness (QED) is 0.610. The minimum atomic E-state index is -0.768. The number of benzene rings is 1. The van der Waals surface area contributed by atoms with Crippen LogP contribution in [0.3, 0.4) is 0 Å². The predicted octanol–water partition coefficient (Wildman–Crippen LogP) is 3.46. The van der Waals surface area contributed by atoms with E-state index in [4.69, 9.17) is 14.6 Å². The Bertz CT molecular complexity index is 500. The van der Waals surface area contributed by atoms with Crippen molar-refractivity contribution in [2.75, 3.05) is 19.8 Å². The zero-order chi connectivity index (χ0) is 17.3. The zero-order valence-corrected chi connectivity index (χ0v) is 14.6. The fourth-order valence-electron chi connectivity index (χ4n) is 2.00. The highest BCUT2D eigenvalue weighted by Crippen LogP contribution is 2.28. The van der Waals surface area contributed by atoms with Crippen molar-refractivity contribution >= 4 is 5.97 Å². The van der Waals surface area contributed by atoms with Gasteiger partial charge in [0.15, 0.2) is 11.5 Å². The van der Waals surface area contributed by atoms with Crippen LogP contribution in [0.5, 0.6) is 11.5 Å². The van der Waals surface area contributed by atoms with Gasteiger partial charge in [0, 0.05) is 6.54 Å². The number of aliphatic carboxylic acids is 1. The summed E-state index contributed by atoms with van der Waals surface area (Å²) >= 11 is 0. The highest BCUT2D eigenvalue weighted by molar-refractivity contribution is 5.73. The number of rotatable bonds is 11. The molecule has 0 saturated carbocycles. The molecule has 2 N–H and O–H groups in total. The second-order valence-electron chi connectivity index (χ2n) is 6.18. The van der Waals surface area contributed by atoms with E-state index in [0.717, 1.165) is 23.5 Å². The standard InChI is InChI=1S/C18H29NO4/c1-5-11-23-15-8-7-14(12-16(15)22-6-2)13-19-10-9-18(3,4)17(20)21/h7-8,12,19H,5-6,9-11,13H2,1-4H3,(H,20,21). The summed E-state index contributed by atoms with van der Waals surface area (Å²) in [6.45, 7) is 10.1. The number of nitrogens with one attached hydrogen (secondary N) is 1. The van der Waals surface area contributed by atoms with Crippen LogP contribution in [0.15, 0.2) is 18.2 Å². The highest BCUT2D eigenvalue weighted by atomic mass is 16.5. The molecule has 0 heterocycles. The second kappa shape index (κ2) is 9.40. The van der Waals surface area contributed by atoms with E-state index in [-0.39, 0.29) is 0 Å². The topological polar surface area (TPSA) is 67.8 Å². The lowest BCUT2D eigenvalue weighted by Crippen LogP contribution is -2.28. The van der Waals surface area contributed by atoms with Crippen LogP contribution < -0.4 is 14.8 Å². The van der Waals surface area contributed by atoms with E-state index < -0.39 is 11.4 Å². The molecule has 5 heteroatoms. The molecule has 1 rings (SSSR count). The Hall–Kier alpha value is -1.75. The number of hydrogen-bond acceptors (Lipinski definition) is 4. The Morgan fingerprint density at radius 3 is 2.57 bits per heavy atom. The zero-order valence-electron chi connectivity index (χ0n) is 14.6. The Balaban J connectivity index is 2.57. The molecule has 0 unspecified atom stereocenters. The summed E-state index contributed by atoms with van der Waals surface area (Å²) < 4.78 is 11.3. The fraction of sp³-hybridized carbons (Fsp3) is 0.611.